The van der Waals surface area contributed by atoms with Crippen molar-refractivity contribution >= 4 is 17.4 Å². The number of aliphatic hydroxyl groups excluding tert-OH is 1. The maximum atomic E-state index is 13.5. The van der Waals surface area contributed by atoms with Gasteiger partial charge in [0.05, 0.1) is 39.6 Å². The molecule has 0 aliphatic carbocycles. The zero-order valence-electron chi connectivity index (χ0n) is 24.0. The lowest BCUT2D eigenvalue weighted by molar-refractivity contribution is -0.139. The summed E-state index contributed by atoms with van der Waals surface area (Å²) in [6, 6.07) is 7.88. The van der Waals surface area contributed by atoms with E-state index >= 15 is 0 Å². The second-order valence-corrected chi connectivity index (χ2v) is 9.79. The summed E-state index contributed by atoms with van der Waals surface area (Å²) >= 11 is 0. The Balaban J connectivity index is 2.16. The number of methoxy groups -OCH3 is 3. The van der Waals surface area contributed by atoms with Crippen molar-refractivity contribution in [2.75, 3.05) is 55.1 Å². The third kappa shape index (κ3) is 6.47. The number of benzene rings is 2. The third-order valence-corrected chi connectivity index (χ3v) is 6.77. The van der Waals surface area contributed by atoms with Gasteiger partial charge >= 0.3 is 0 Å². The monoisotopic (exact) mass is 540 g/mol. The van der Waals surface area contributed by atoms with Gasteiger partial charge in [-0.05, 0) is 81.9 Å². The Hall–Kier alpha value is -3.72. The largest absolute Gasteiger partial charge is 0.507 e. The molecule has 1 aliphatic heterocycles. The molecule has 1 heterocycles. The van der Waals surface area contributed by atoms with Crippen LogP contribution in [0.2, 0.25) is 0 Å². The van der Waals surface area contributed by atoms with E-state index in [0.717, 1.165) is 24.9 Å². The lowest BCUT2D eigenvalue weighted by atomic mass is 9.93. The predicted octanol–water partition coefficient (Wildman–Crippen LogP) is 4.57. The molecule has 0 spiro atoms. The van der Waals surface area contributed by atoms with E-state index in [9.17, 15) is 14.7 Å². The van der Waals surface area contributed by atoms with E-state index < -0.39 is 17.7 Å². The number of carbonyl (C=O) groups is 2. The lowest BCUT2D eigenvalue weighted by Crippen LogP contribution is -2.32. The normalized spacial score (nSPS) is 16.6. The van der Waals surface area contributed by atoms with Gasteiger partial charge in [-0.25, -0.2) is 0 Å². The van der Waals surface area contributed by atoms with Crippen LogP contribution in [0.15, 0.2) is 35.9 Å². The van der Waals surface area contributed by atoms with Crippen LogP contribution in [0.3, 0.4) is 0 Å². The van der Waals surface area contributed by atoms with Crippen molar-refractivity contribution in [2.24, 2.45) is 0 Å². The van der Waals surface area contributed by atoms with Crippen LogP contribution in [0.4, 0.5) is 0 Å². The van der Waals surface area contributed by atoms with Crippen molar-refractivity contribution in [3.05, 3.63) is 52.6 Å². The van der Waals surface area contributed by atoms with Gasteiger partial charge in [-0.1, -0.05) is 13.3 Å². The predicted molar refractivity (Wildman–Crippen MR) is 150 cm³/mol. The minimum Gasteiger partial charge on any atom is -0.507 e. The van der Waals surface area contributed by atoms with E-state index in [1.54, 1.807) is 24.3 Å². The first-order valence-electron chi connectivity index (χ1n) is 13.1. The van der Waals surface area contributed by atoms with E-state index in [1.165, 1.54) is 26.2 Å². The van der Waals surface area contributed by atoms with Crippen molar-refractivity contribution in [2.45, 2.75) is 39.2 Å². The minimum atomic E-state index is -0.847. The van der Waals surface area contributed by atoms with E-state index in [2.05, 4.69) is 6.92 Å². The molecule has 2 aromatic rings. The molecule has 1 fully saturated rings. The topological polar surface area (TPSA) is 97.8 Å². The van der Waals surface area contributed by atoms with Crippen LogP contribution in [-0.4, -0.2) is 81.7 Å². The number of carbonyl (C=O) groups excluding carboxylic acids is 2. The average Bonchev–Trinajstić information content (AvgIpc) is 3.17. The van der Waals surface area contributed by atoms with Crippen LogP contribution in [0.5, 0.6) is 23.0 Å². The molecule has 9 nitrogen and oxygen atoms in total. The van der Waals surface area contributed by atoms with Crippen molar-refractivity contribution in [3.63, 3.8) is 0 Å². The molecule has 1 atom stereocenters. The fraction of sp³-hybridized carbons (Fsp3) is 0.467. The zero-order valence-corrected chi connectivity index (χ0v) is 24.0. The number of ether oxygens (including phenoxy) is 4. The van der Waals surface area contributed by atoms with Crippen LogP contribution in [-0.2, 0) is 9.59 Å². The SMILES string of the molecule is CCCCOc1ccc(/C(O)=C2\C(=O)C(=O)N(CCCN(C)C)[C@H]2c2cc(OC)c(OC)c(OC)c2)c(C)c1. The van der Waals surface area contributed by atoms with E-state index in [1.807, 2.05) is 32.0 Å². The molecule has 1 aliphatic rings. The number of ketones is 1. The lowest BCUT2D eigenvalue weighted by Gasteiger charge is -2.27. The molecule has 9 heteroatoms. The molecular formula is C30H40N2O7. The molecule has 0 aromatic heterocycles. The van der Waals surface area contributed by atoms with Crippen molar-refractivity contribution in [3.8, 4) is 23.0 Å². The molecule has 0 saturated carbocycles. The highest BCUT2D eigenvalue weighted by Gasteiger charge is 2.46. The summed E-state index contributed by atoms with van der Waals surface area (Å²) < 4.78 is 22.3. The van der Waals surface area contributed by atoms with E-state index in [4.69, 9.17) is 18.9 Å². The van der Waals surface area contributed by atoms with Crippen molar-refractivity contribution < 1.29 is 33.6 Å². The Morgan fingerprint density at radius 2 is 1.67 bits per heavy atom. The van der Waals surface area contributed by atoms with Gasteiger partial charge in [0.15, 0.2) is 11.5 Å². The van der Waals surface area contributed by atoms with Crippen molar-refractivity contribution in [1.82, 2.24) is 9.80 Å². The number of nitrogens with zero attached hydrogens (tertiary/aromatic N) is 2. The second kappa shape index (κ2) is 13.4. The number of hydrogen-bond donors (Lipinski definition) is 1. The number of amides is 1. The molecule has 1 saturated heterocycles. The van der Waals surface area contributed by atoms with Crippen molar-refractivity contribution in [1.29, 1.82) is 0 Å². The van der Waals surface area contributed by atoms with Gasteiger partial charge in [0.2, 0.25) is 5.75 Å². The highest BCUT2D eigenvalue weighted by atomic mass is 16.5. The Labute approximate surface area is 230 Å². The number of Topliss-reactive ketones (excluding diaryl/α,β-unsaturated/α-hetero) is 1. The van der Waals surface area contributed by atoms with Gasteiger partial charge < -0.3 is 33.9 Å². The Morgan fingerprint density at radius 1 is 1.00 bits per heavy atom. The summed E-state index contributed by atoms with van der Waals surface area (Å²) in [4.78, 5) is 30.3. The summed E-state index contributed by atoms with van der Waals surface area (Å²) in [5.41, 5.74) is 1.76. The second-order valence-electron chi connectivity index (χ2n) is 9.79. The molecule has 0 bridgehead atoms. The number of aryl methyl sites for hydroxylation is 1. The number of hydrogen-bond acceptors (Lipinski definition) is 8. The molecule has 39 heavy (non-hydrogen) atoms. The number of aliphatic hydroxyl groups is 1. The quantitative estimate of drug-likeness (QED) is 0.171. The average molecular weight is 541 g/mol. The Bertz CT molecular complexity index is 1200. The van der Waals surface area contributed by atoms with Gasteiger partial charge in [0, 0.05) is 12.1 Å². The number of unbranched alkanes of at least 4 members (excludes halogenated alkanes) is 1. The molecule has 0 radical (unpaired) electrons. The van der Waals surface area contributed by atoms with Crippen LogP contribution < -0.4 is 18.9 Å². The summed E-state index contributed by atoms with van der Waals surface area (Å²) in [5.74, 6) is 0.210. The summed E-state index contributed by atoms with van der Waals surface area (Å²) in [5, 5.41) is 11.6. The maximum absolute atomic E-state index is 13.5. The molecule has 2 aromatic carbocycles. The Morgan fingerprint density at radius 3 is 2.21 bits per heavy atom. The molecule has 1 amide bonds. The van der Waals surface area contributed by atoms with Crippen LogP contribution in [0.1, 0.15) is 48.9 Å². The summed E-state index contributed by atoms with van der Waals surface area (Å²) in [7, 11) is 8.41. The third-order valence-electron chi connectivity index (χ3n) is 6.77. The van der Waals surface area contributed by atoms with Gasteiger partial charge in [-0.3, -0.25) is 9.59 Å². The highest BCUT2D eigenvalue weighted by Crippen LogP contribution is 2.46. The smallest absolute Gasteiger partial charge is 0.295 e. The molecule has 0 unspecified atom stereocenters. The molecule has 1 N–H and O–H groups in total. The van der Waals surface area contributed by atoms with Crippen LogP contribution in [0.25, 0.3) is 5.76 Å². The highest BCUT2D eigenvalue weighted by molar-refractivity contribution is 6.46. The summed E-state index contributed by atoms with van der Waals surface area (Å²) in [6.45, 7) is 5.58. The summed E-state index contributed by atoms with van der Waals surface area (Å²) in [6.07, 6.45) is 2.60. The first kappa shape index (κ1) is 29.8. The van der Waals surface area contributed by atoms with Gasteiger partial charge in [-0.15, -0.1) is 0 Å². The zero-order chi connectivity index (χ0) is 28.7. The van der Waals surface area contributed by atoms with Crippen LogP contribution in [0, 0.1) is 6.92 Å². The van der Waals surface area contributed by atoms with Gasteiger partial charge in [0.25, 0.3) is 11.7 Å². The van der Waals surface area contributed by atoms with Gasteiger partial charge in [0.1, 0.15) is 11.5 Å². The maximum Gasteiger partial charge on any atom is 0.295 e. The first-order valence-corrected chi connectivity index (χ1v) is 13.1. The van der Waals surface area contributed by atoms with E-state index in [-0.39, 0.29) is 11.3 Å². The fourth-order valence-corrected chi connectivity index (χ4v) is 4.74. The molecule has 3 rings (SSSR count). The Kier molecular flexibility index (Phi) is 10.2. The fourth-order valence-electron chi connectivity index (χ4n) is 4.74. The molecule has 212 valence electrons. The van der Waals surface area contributed by atoms with Crippen LogP contribution >= 0.6 is 0 Å². The number of likely N-dealkylation sites (tertiary alicyclic amines) is 1. The molecular weight excluding hydrogens is 500 g/mol. The standard InChI is InChI=1S/C30H40N2O7/c1-8-9-15-39-21-11-12-22(19(2)16-21)27(33)25-26(32(30(35)28(25)34)14-10-13-31(3)4)20-17-23(36-5)29(38-7)24(18-20)37-6/h11-12,16-18,26,33H,8-10,13-15H2,1-7H3/b27-25+/t26-/m0/s1. The van der Waals surface area contributed by atoms with E-state index in [0.29, 0.717) is 53.7 Å². The van der Waals surface area contributed by atoms with Gasteiger partial charge in [-0.2, -0.15) is 0 Å². The number of rotatable bonds is 13. The first-order chi connectivity index (χ1) is 18.7. The minimum absolute atomic E-state index is 0.0156.